The summed E-state index contributed by atoms with van der Waals surface area (Å²) < 4.78 is 25.1. The predicted molar refractivity (Wildman–Crippen MR) is 175 cm³/mol. The fraction of sp³-hybridized carbons (Fsp3) is 0.314. The van der Waals surface area contributed by atoms with Gasteiger partial charge in [-0.3, -0.25) is 9.47 Å². The molecular formula is C35H34FN7OS. The van der Waals surface area contributed by atoms with Crippen LogP contribution in [0.25, 0.3) is 44.7 Å². The van der Waals surface area contributed by atoms with Crippen molar-refractivity contribution < 1.29 is 9.13 Å². The summed E-state index contributed by atoms with van der Waals surface area (Å²) in [7, 11) is 2.16. The molecule has 7 heterocycles. The number of thiophene rings is 1. The minimum atomic E-state index is -0.416. The Labute approximate surface area is 264 Å². The van der Waals surface area contributed by atoms with Crippen LogP contribution in [0.1, 0.15) is 65.4 Å². The van der Waals surface area contributed by atoms with Gasteiger partial charge < -0.3 is 20.0 Å². The molecule has 8 nitrogen and oxygen atoms in total. The van der Waals surface area contributed by atoms with Crippen molar-refractivity contribution in [1.82, 2.24) is 34.7 Å². The van der Waals surface area contributed by atoms with Gasteiger partial charge in [-0.2, -0.15) is 0 Å². The molecule has 0 amide bonds. The zero-order valence-corrected chi connectivity index (χ0v) is 26.0. The molecule has 0 saturated carbocycles. The highest BCUT2D eigenvalue weighted by Crippen LogP contribution is 2.48. The van der Waals surface area contributed by atoms with E-state index in [9.17, 15) is 0 Å². The van der Waals surface area contributed by atoms with E-state index in [1.54, 1.807) is 23.6 Å². The van der Waals surface area contributed by atoms with Crippen LogP contribution in [0.15, 0.2) is 60.9 Å². The van der Waals surface area contributed by atoms with Gasteiger partial charge in [0.2, 0.25) is 6.23 Å². The number of imidazole rings is 2. The van der Waals surface area contributed by atoms with Crippen molar-refractivity contribution in [1.29, 1.82) is 0 Å². The Kier molecular flexibility index (Phi) is 6.26. The largest absolute Gasteiger partial charge is 0.464 e. The van der Waals surface area contributed by atoms with Crippen LogP contribution >= 0.6 is 11.3 Å². The van der Waals surface area contributed by atoms with Crippen LogP contribution in [-0.2, 0) is 0 Å². The quantitative estimate of drug-likeness (QED) is 0.184. The number of benzene rings is 2. The zero-order chi connectivity index (χ0) is 30.2. The highest BCUT2D eigenvalue weighted by Gasteiger charge is 2.33. The first-order valence-corrected chi connectivity index (χ1v) is 16.6. The van der Waals surface area contributed by atoms with Crippen molar-refractivity contribution in [2.24, 2.45) is 0 Å². The second-order valence-corrected chi connectivity index (χ2v) is 13.9. The van der Waals surface area contributed by atoms with E-state index in [2.05, 4.69) is 80.1 Å². The Bertz CT molecular complexity index is 2060. The Hall–Kier alpha value is -4.25. The van der Waals surface area contributed by atoms with Gasteiger partial charge >= 0.3 is 0 Å². The number of nitrogens with one attached hydrogen (secondary N) is 3. The first kappa shape index (κ1) is 27.1. The molecule has 10 heteroatoms. The first-order chi connectivity index (χ1) is 22.0. The van der Waals surface area contributed by atoms with E-state index in [0.717, 1.165) is 88.0 Å². The minimum absolute atomic E-state index is 0.210. The molecule has 45 heavy (non-hydrogen) atoms. The third-order valence-corrected chi connectivity index (χ3v) is 10.7. The zero-order valence-electron chi connectivity index (χ0n) is 25.2. The van der Waals surface area contributed by atoms with Gasteiger partial charge in [-0.15, -0.1) is 11.3 Å². The molecule has 0 spiro atoms. The number of fused-ring (bicyclic) bond motifs is 5. The maximum absolute atomic E-state index is 16.2. The fourth-order valence-corrected chi connectivity index (χ4v) is 8.26. The lowest BCUT2D eigenvalue weighted by Gasteiger charge is -2.30. The van der Waals surface area contributed by atoms with Gasteiger partial charge in [0, 0.05) is 21.4 Å². The SMILES string of the molecule is Cc1ccc(C2Oc3cc(-c4cnc(C5CCCN5)[nH]4)cc(F)c3-c3cc4cc(-c5cnc(C6CCCN6C)[nH]5)ccc4n32)s1. The van der Waals surface area contributed by atoms with Gasteiger partial charge in [0.15, 0.2) is 0 Å². The summed E-state index contributed by atoms with van der Waals surface area (Å²) in [4.78, 5) is 21.0. The number of ether oxygens (including phenoxy) is 1. The van der Waals surface area contributed by atoms with E-state index >= 15 is 4.39 Å². The van der Waals surface area contributed by atoms with Gasteiger partial charge in [-0.25, -0.2) is 14.4 Å². The molecule has 2 fully saturated rings. The summed E-state index contributed by atoms with van der Waals surface area (Å²) in [6, 6.07) is 16.8. The Morgan fingerprint density at radius 1 is 0.933 bits per heavy atom. The molecule has 0 radical (unpaired) electrons. The molecular weight excluding hydrogens is 585 g/mol. The first-order valence-electron chi connectivity index (χ1n) is 15.8. The van der Waals surface area contributed by atoms with E-state index in [1.165, 1.54) is 11.3 Å². The molecule has 9 rings (SSSR count). The lowest BCUT2D eigenvalue weighted by Crippen LogP contribution is -2.22. The number of H-pyrrole nitrogens is 2. The average Bonchev–Trinajstić information content (AvgIpc) is 3.88. The summed E-state index contributed by atoms with van der Waals surface area (Å²) in [6.45, 7) is 4.18. The number of aromatic nitrogens is 5. The normalized spacial score (nSPS) is 21.4. The lowest BCUT2D eigenvalue weighted by molar-refractivity contribution is 0.176. The monoisotopic (exact) mass is 619 g/mol. The van der Waals surface area contributed by atoms with E-state index in [-0.39, 0.29) is 11.9 Å². The lowest BCUT2D eigenvalue weighted by atomic mass is 10.0. The van der Waals surface area contributed by atoms with Crippen LogP contribution in [0.2, 0.25) is 0 Å². The number of hydrogen-bond acceptors (Lipinski definition) is 6. The van der Waals surface area contributed by atoms with Crippen LogP contribution in [0, 0.1) is 12.7 Å². The molecule has 2 aromatic carbocycles. The van der Waals surface area contributed by atoms with E-state index in [0.29, 0.717) is 17.4 Å². The average molecular weight is 620 g/mol. The van der Waals surface area contributed by atoms with E-state index in [4.69, 9.17) is 9.72 Å². The van der Waals surface area contributed by atoms with Crippen molar-refractivity contribution in [3.63, 3.8) is 0 Å². The molecule has 4 aromatic heterocycles. The molecule has 3 aliphatic rings. The topological polar surface area (TPSA) is 86.8 Å². The number of hydrogen-bond donors (Lipinski definition) is 3. The number of nitrogens with zero attached hydrogens (tertiary/aromatic N) is 4. The second kappa shape index (κ2) is 10.4. The van der Waals surface area contributed by atoms with Crippen molar-refractivity contribution in [3.8, 4) is 39.5 Å². The van der Waals surface area contributed by atoms with Crippen LogP contribution in [0.3, 0.4) is 0 Å². The molecule has 2 saturated heterocycles. The van der Waals surface area contributed by atoms with Crippen LogP contribution in [-0.4, -0.2) is 49.5 Å². The van der Waals surface area contributed by atoms with Crippen molar-refractivity contribution >= 4 is 22.2 Å². The van der Waals surface area contributed by atoms with E-state index < -0.39 is 6.23 Å². The Balaban J connectivity index is 1.15. The molecule has 3 N–H and O–H groups in total. The van der Waals surface area contributed by atoms with Gasteiger partial charge in [-0.05, 0) is 95.2 Å². The van der Waals surface area contributed by atoms with Crippen LogP contribution in [0.4, 0.5) is 4.39 Å². The van der Waals surface area contributed by atoms with E-state index in [1.807, 2.05) is 12.3 Å². The molecule has 0 bridgehead atoms. The molecule has 0 aliphatic carbocycles. The second-order valence-electron chi connectivity index (χ2n) is 12.6. The highest BCUT2D eigenvalue weighted by molar-refractivity contribution is 7.12. The summed E-state index contributed by atoms with van der Waals surface area (Å²) in [5.41, 5.74) is 5.83. The standard InChI is InChI=1S/C35H34FN7OS/c1-19-7-10-31(45-19)35-43-27-9-8-20(25-17-39-34(41-25)28-6-4-12-42(28)2)13-22(27)15-29(43)32-23(36)14-21(16-30(32)44-35)26-18-38-33(40-26)24-5-3-11-37-24/h7-10,13-18,24,28,35,37H,3-6,11-12H2,1-2H3,(H,38,40)(H,39,41). The number of halogens is 1. The third kappa shape index (κ3) is 4.46. The van der Waals surface area contributed by atoms with Gasteiger partial charge in [0.1, 0.15) is 23.2 Å². The van der Waals surface area contributed by atoms with Crippen molar-refractivity contribution in [3.05, 3.63) is 88.1 Å². The van der Waals surface area contributed by atoms with Gasteiger partial charge in [0.05, 0.1) is 57.5 Å². The molecule has 3 aliphatic heterocycles. The summed E-state index contributed by atoms with van der Waals surface area (Å²) >= 11 is 1.70. The number of aryl methyl sites for hydroxylation is 1. The number of aromatic amines is 2. The summed E-state index contributed by atoms with van der Waals surface area (Å²) in [5, 5.41) is 4.50. The molecule has 3 atom stereocenters. The molecule has 3 unspecified atom stereocenters. The summed E-state index contributed by atoms with van der Waals surface area (Å²) in [6.07, 6.45) is 7.78. The minimum Gasteiger partial charge on any atom is -0.464 e. The maximum atomic E-state index is 16.2. The van der Waals surface area contributed by atoms with Crippen molar-refractivity contribution in [2.45, 2.75) is 50.9 Å². The fourth-order valence-electron chi connectivity index (χ4n) is 7.36. The third-order valence-electron chi connectivity index (χ3n) is 9.67. The number of rotatable bonds is 5. The highest BCUT2D eigenvalue weighted by atomic mass is 32.1. The molecule has 6 aromatic rings. The number of likely N-dealkylation sites (tertiary alicyclic amines) is 1. The van der Waals surface area contributed by atoms with Crippen LogP contribution in [0.5, 0.6) is 5.75 Å². The Morgan fingerprint density at radius 3 is 2.56 bits per heavy atom. The summed E-state index contributed by atoms with van der Waals surface area (Å²) in [5.74, 6) is 2.12. The predicted octanol–water partition coefficient (Wildman–Crippen LogP) is 7.73. The smallest absolute Gasteiger partial charge is 0.212 e. The van der Waals surface area contributed by atoms with Crippen LogP contribution < -0.4 is 10.1 Å². The van der Waals surface area contributed by atoms with Crippen molar-refractivity contribution in [2.75, 3.05) is 20.1 Å². The maximum Gasteiger partial charge on any atom is 0.212 e. The van der Waals surface area contributed by atoms with Gasteiger partial charge in [-0.1, -0.05) is 6.07 Å². The Morgan fingerprint density at radius 2 is 1.78 bits per heavy atom. The van der Waals surface area contributed by atoms with Gasteiger partial charge in [0.25, 0.3) is 0 Å². The molecule has 228 valence electrons.